The van der Waals surface area contributed by atoms with Gasteiger partial charge in [-0.25, -0.2) is 12.8 Å². The van der Waals surface area contributed by atoms with Gasteiger partial charge in [-0.1, -0.05) is 40.2 Å². The molecule has 1 atom stereocenters. The molecule has 5 nitrogen and oxygen atoms in total. The quantitative estimate of drug-likeness (QED) is 0.375. The fraction of sp³-hybridized carbons (Fsp3) is 0.0909. The molecule has 0 saturated heterocycles. The summed E-state index contributed by atoms with van der Waals surface area (Å²) in [7, 11) is -4.04. The monoisotopic (exact) mass is 485 g/mol. The molecule has 0 amide bonds. The number of halogens is 2. The third-order valence-corrected chi connectivity index (χ3v) is 7.19. The number of nitrogens with zero attached hydrogens (tertiary/aromatic N) is 3. The van der Waals surface area contributed by atoms with Crippen LogP contribution in [0.3, 0.4) is 0 Å². The maximum absolute atomic E-state index is 13.9. The van der Waals surface area contributed by atoms with Crippen LogP contribution in [0.4, 0.5) is 10.1 Å². The van der Waals surface area contributed by atoms with Gasteiger partial charge in [0.1, 0.15) is 16.2 Å². The van der Waals surface area contributed by atoms with E-state index in [2.05, 4.69) is 25.9 Å². The van der Waals surface area contributed by atoms with E-state index in [0.29, 0.717) is 22.3 Å². The van der Waals surface area contributed by atoms with Crippen LogP contribution in [0.1, 0.15) is 18.5 Å². The van der Waals surface area contributed by atoms with Gasteiger partial charge in [-0.05, 0) is 55.0 Å². The number of hydrogen-bond acceptors (Lipinski definition) is 4. The molecule has 8 heteroatoms. The van der Waals surface area contributed by atoms with Crippen molar-refractivity contribution in [2.45, 2.75) is 17.9 Å². The van der Waals surface area contributed by atoms with Crippen LogP contribution in [0.25, 0.3) is 11.0 Å². The molecule has 0 aliphatic heterocycles. The van der Waals surface area contributed by atoms with Crippen molar-refractivity contribution in [2.24, 2.45) is 0 Å². The Morgan fingerprint density at radius 2 is 1.67 bits per heavy atom. The highest BCUT2D eigenvalue weighted by molar-refractivity contribution is 9.10. The van der Waals surface area contributed by atoms with Gasteiger partial charge in [0.25, 0.3) is 10.0 Å². The van der Waals surface area contributed by atoms with Crippen molar-refractivity contribution >= 4 is 42.7 Å². The summed E-state index contributed by atoms with van der Waals surface area (Å²) in [5, 5.41) is 0. The van der Waals surface area contributed by atoms with Crippen molar-refractivity contribution in [3.63, 3.8) is 0 Å². The summed E-state index contributed by atoms with van der Waals surface area (Å²) in [6, 6.07) is 17.1. The lowest BCUT2D eigenvalue weighted by Gasteiger charge is -2.31. The Balaban J connectivity index is 1.93. The first-order valence-electron chi connectivity index (χ1n) is 9.13. The lowest BCUT2D eigenvalue weighted by molar-refractivity contribution is 0.583. The van der Waals surface area contributed by atoms with Crippen LogP contribution in [0.5, 0.6) is 0 Å². The van der Waals surface area contributed by atoms with Crippen LogP contribution in [-0.2, 0) is 10.0 Å². The van der Waals surface area contributed by atoms with E-state index in [9.17, 15) is 12.8 Å². The van der Waals surface area contributed by atoms with E-state index in [1.54, 1.807) is 49.4 Å². The van der Waals surface area contributed by atoms with Gasteiger partial charge in [0, 0.05) is 16.9 Å². The van der Waals surface area contributed by atoms with E-state index < -0.39 is 16.1 Å². The number of fused-ring (bicyclic) bond motifs is 1. The van der Waals surface area contributed by atoms with Gasteiger partial charge in [-0.15, -0.1) is 0 Å². The van der Waals surface area contributed by atoms with E-state index in [1.807, 2.05) is 6.07 Å². The molecule has 4 rings (SSSR count). The average Bonchev–Trinajstić information content (AvgIpc) is 2.74. The highest BCUT2D eigenvalue weighted by atomic mass is 79.9. The second-order valence-corrected chi connectivity index (χ2v) is 9.39. The van der Waals surface area contributed by atoms with Crippen LogP contribution in [0, 0.1) is 5.82 Å². The largest absolute Gasteiger partial charge is 0.267 e. The van der Waals surface area contributed by atoms with Crippen LogP contribution < -0.4 is 4.31 Å². The summed E-state index contributed by atoms with van der Waals surface area (Å²) in [6.07, 6.45) is 2.99. The van der Waals surface area contributed by atoms with Crippen LogP contribution in [-0.4, -0.2) is 18.4 Å². The lowest BCUT2D eigenvalue weighted by Crippen LogP contribution is -2.34. The smallest absolute Gasteiger partial charge is 0.259 e. The standard InChI is InChI=1S/C22H17BrFN3O2S/c1-15(16-8-10-18(24)11-9-16)27(19-5-2-4-17(23)14-19)30(28,29)21-7-3-6-20-22(21)26-13-12-25-20/h2-15H,1H3/t15-/m1/s1. The Morgan fingerprint density at radius 1 is 0.967 bits per heavy atom. The van der Waals surface area contributed by atoms with E-state index in [1.165, 1.54) is 34.9 Å². The molecule has 1 aromatic heterocycles. The fourth-order valence-corrected chi connectivity index (χ4v) is 5.52. The minimum Gasteiger partial charge on any atom is -0.259 e. The van der Waals surface area contributed by atoms with E-state index in [0.717, 1.165) is 4.47 Å². The van der Waals surface area contributed by atoms with Gasteiger partial charge in [-0.3, -0.25) is 14.3 Å². The molecule has 0 N–H and O–H groups in total. The molecule has 0 unspecified atom stereocenters. The van der Waals surface area contributed by atoms with Crippen LogP contribution >= 0.6 is 15.9 Å². The Morgan fingerprint density at radius 3 is 2.40 bits per heavy atom. The first-order chi connectivity index (χ1) is 14.4. The number of hydrogen-bond donors (Lipinski definition) is 0. The number of rotatable bonds is 5. The van der Waals surface area contributed by atoms with Gasteiger partial charge in [0.15, 0.2) is 0 Å². The Hall–Kier alpha value is -2.84. The van der Waals surface area contributed by atoms with Crippen molar-refractivity contribution in [1.82, 2.24) is 9.97 Å². The molecule has 3 aromatic carbocycles. The molecule has 0 aliphatic carbocycles. The number of sulfonamides is 1. The first kappa shape index (κ1) is 20.4. The fourth-order valence-electron chi connectivity index (χ4n) is 3.34. The first-order valence-corrected chi connectivity index (χ1v) is 11.4. The van der Waals surface area contributed by atoms with Gasteiger partial charge < -0.3 is 0 Å². The van der Waals surface area contributed by atoms with Gasteiger partial charge in [0.05, 0.1) is 17.2 Å². The molecular formula is C22H17BrFN3O2S. The Bertz CT molecular complexity index is 1310. The lowest BCUT2D eigenvalue weighted by atomic mass is 10.1. The van der Waals surface area contributed by atoms with E-state index in [4.69, 9.17) is 0 Å². The van der Waals surface area contributed by atoms with Crippen molar-refractivity contribution in [3.8, 4) is 0 Å². The molecule has 0 spiro atoms. The molecule has 1 heterocycles. The zero-order valence-electron chi connectivity index (χ0n) is 15.9. The van der Waals surface area contributed by atoms with Gasteiger partial charge in [0.2, 0.25) is 0 Å². The molecule has 0 fully saturated rings. The number of anilines is 1. The van der Waals surface area contributed by atoms with E-state index in [-0.39, 0.29) is 10.7 Å². The second-order valence-electron chi connectivity index (χ2n) is 6.69. The van der Waals surface area contributed by atoms with Gasteiger partial charge >= 0.3 is 0 Å². The Labute approximate surface area is 182 Å². The predicted octanol–water partition coefficient (Wildman–Crippen LogP) is 5.49. The summed E-state index contributed by atoms with van der Waals surface area (Å²) < 4.78 is 43.3. The zero-order valence-corrected chi connectivity index (χ0v) is 18.3. The molecule has 0 bridgehead atoms. The molecule has 0 saturated carbocycles. The highest BCUT2D eigenvalue weighted by Crippen LogP contribution is 2.36. The molecule has 4 aromatic rings. The number of para-hydroxylation sites is 1. The normalized spacial score (nSPS) is 12.6. The SMILES string of the molecule is C[C@H](c1ccc(F)cc1)N(c1cccc(Br)c1)S(=O)(=O)c1cccc2nccnc12. The summed E-state index contributed by atoms with van der Waals surface area (Å²) in [4.78, 5) is 8.53. The van der Waals surface area contributed by atoms with Gasteiger partial charge in [-0.2, -0.15) is 0 Å². The summed E-state index contributed by atoms with van der Waals surface area (Å²) >= 11 is 3.41. The molecule has 0 radical (unpaired) electrons. The molecular weight excluding hydrogens is 469 g/mol. The summed E-state index contributed by atoms with van der Waals surface area (Å²) in [5.74, 6) is -0.382. The molecule has 152 valence electrons. The predicted molar refractivity (Wildman–Crippen MR) is 118 cm³/mol. The van der Waals surface area contributed by atoms with Crippen molar-refractivity contribution < 1.29 is 12.8 Å². The van der Waals surface area contributed by atoms with Crippen molar-refractivity contribution in [3.05, 3.63) is 95.0 Å². The minimum absolute atomic E-state index is 0.0574. The number of benzene rings is 3. The van der Waals surface area contributed by atoms with Crippen molar-refractivity contribution in [1.29, 1.82) is 0 Å². The average molecular weight is 486 g/mol. The highest BCUT2D eigenvalue weighted by Gasteiger charge is 2.32. The maximum atomic E-state index is 13.9. The van der Waals surface area contributed by atoms with E-state index >= 15 is 0 Å². The Kier molecular flexibility index (Phi) is 5.53. The topological polar surface area (TPSA) is 63.2 Å². The summed E-state index contributed by atoms with van der Waals surface area (Å²) in [6.45, 7) is 1.77. The minimum atomic E-state index is -4.04. The summed E-state index contributed by atoms with van der Waals surface area (Å²) in [5.41, 5.74) is 1.92. The third kappa shape index (κ3) is 3.80. The third-order valence-electron chi connectivity index (χ3n) is 4.77. The second kappa shape index (κ2) is 8.12. The molecule has 0 aliphatic rings. The van der Waals surface area contributed by atoms with Crippen LogP contribution in [0.15, 0.2) is 88.5 Å². The van der Waals surface area contributed by atoms with Crippen molar-refractivity contribution in [2.75, 3.05) is 4.31 Å². The maximum Gasteiger partial charge on any atom is 0.267 e. The van der Waals surface area contributed by atoms with Crippen LogP contribution in [0.2, 0.25) is 0 Å². The molecule has 30 heavy (non-hydrogen) atoms. The zero-order chi connectivity index (χ0) is 21.3. The number of aromatic nitrogens is 2.